The highest BCUT2D eigenvalue weighted by Gasteiger charge is 2.19. The van der Waals surface area contributed by atoms with Crippen LogP contribution in [0, 0.1) is 0 Å². The Balaban J connectivity index is 1.86. The van der Waals surface area contributed by atoms with Crippen molar-refractivity contribution in [2.24, 2.45) is 0 Å². The molecule has 1 heterocycles. The Bertz CT molecular complexity index is 1120. The van der Waals surface area contributed by atoms with Crippen molar-refractivity contribution in [2.45, 2.75) is 0 Å². The molecule has 0 aliphatic carbocycles. The maximum Gasteiger partial charge on any atom is 0.151 e. The Morgan fingerprint density at radius 2 is 1.48 bits per heavy atom. The van der Waals surface area contributed by atoms with Gasteiger partial charge >= 0.3 is 0 Å². The minimum Gasteiger partial charge on any atom is -0.505 e. The van der Waals surface area contributed by atoms with Crippen molar-refractivity contribution >= 4 is 45.4 Å². The number of anilines is 1. The number of hydrogen-bond acceptors (Lipinski definition) is 4. The van der Waals surface area contributed by atoms with E-state index in [1.54, 1.807) is 4.68 Å². The molecule has 4 aromatic rings. The van der Waals surface area contributed by atoms with Crippen LogP contribution < -0.4 is 5.32 Å². The zero-order chi connectivity index (χ0) is 18.6. The van der Waals surface area contributed by atoms with Gasteiger partial charge in [-0.15, -0.1) is 5.10 Å². The molecule has 132 valence electrons. The van der Waals surface area contributed by atoms with Crippen LogP contribution in [0.4, 0.5) is 5.69 Å². The van der Waals surface area contributed by atoms with Crippen LogP contribution in [0.5, 0.6) is 0 Å². The van der Waals surface area contributed by atoms with Gasteiger partial charge in [0.25, 0.3) is 0 Å². The molecule has 2 N–H and O–H groups in total. The van der Waals surface area contributed by atoms with Gasteiger partial charge in [0.05, 0.1) is 5.52 Å². The number of hydrogen-bond donors (Lipinski definition) is 2. The van der Waals surface area contributed by atoms with Gasteiger partial charge in [0.1, 0.15) is 16.2 Å². The van der Waals surface area contributed by atoms with Gasteiger partial charge in [0, 0.05) is 11.3 Å². The lowest BCUT2D eigenvalue weighted by Gasteiger charge is -2.15. The first-order chi connectivity index (χ1) is 13.2. The van der Waals surface area contributed by atoms with Crippen molar-refractivity contribution in [2.75, 3.05) is 5.32 Å². The predicted octanol–water partition coefficient (Wildman–Crippen LogP) is 4.75. The fourth-order valence-corrected chi connectivity index (χ4v) is 3.08. The molecule has 0 saturated heterocycles. The summed E-state index contributed by atoms with van der Waals surface area (Å²) in [4.78, 5) is 0.346. The molecule has 0 bridgehead atoms. The highest BCUT2D eigenvalue weighted by atomic mass is 32.1. The minimum atomic E-state index is 0.0275. The van der Waals surface area contributed by atoms with Crippen molar-refractivity contribution in [3.05, 3.63) is 90.5 Å². The molecule has 0 amide bonds. The summed E-state index contributed by atoms with van der Waals surface area (Å²) in [6, 6.07) is 26.3. The van der Waals surface area contributed by atoms with E-state index in [1.807, 2.05) is 84.9 Å². The molecule has 5 nitrogen and oxygen atoms in total. The number of aliphatic hydroxyl groups excluding tert-OH is 1. The van der Waals surface area contributed by atoms with E-state index < -0.39 is 0 Å². The van der Waals surface area contributed by atoms with Gasteiger partial charge in [0.15, 0.2) is 5.76 Å². The molecule has 0 unspecified atom stereocenters. The van der Waals surface area contributed by atoms with E-state index in [0.29, 0.717) is 16.2 Å². The van der Waals surface area contributed by atoms with E-state index in [1.165, 1.54) is 0 Å². The topological polar surface area (TPSA) is 63.0 Å². The maximum absolute atomic E-state index is 11.0. The van der Waals surface area contributed by atoms with Crippen LogP contribution in [0.3, 0.4) is 0 Å². The molecule has 0 fully saturated rings. The number of rotatable bonds is 4. The Morgan fingerprint density at radius 1 is 0.852 bits per heavy atom. The second kappa shape index (κ2) is 7.39. The first-order valence-corrected chi connectivity index (χ1v) is 8.81. The largest absolute Gasteiger partial charge is 0.505 e. The summed E-state index contributed by atoms with van der Waals surface area (Å²) in [6.07, 6.45) is 0. The van der Waals surface area contributed by atoms with E-state index in [-0.39, 0.29) is 5.76 Å². The van der Waals surface area contributed by atoms with Crippen LogP contribution in [-0.2, 0) is 0 Å². The van der Waals surface area contributed by atoms with Crippen LogP contribution in [0.2, 0.25) is 0 Å². The minimum absolute atomic E-state index is 0.0275. The van der Waals surface area contributed by atoms with Gasteiger partial charge in [-0.1, -0.05) is 78.1 Å². The normalized spacial score (nSPS) is 11.9. The molecule has 6 heteroatoms. The lowest BCUT2D eigenvalue weighted by Crippen LogP contribution is -2.18. The van der Waals surface area contributed by atoms with E-state index >= 15 is 0 Å². The Morgan fingerprint density at radius 3 is 2.22 bits per heavy atom. The monoisotopic (exact) mass is 372 g/mol. The van der Waals surface area contributed by atoms with Crippen molar-refractivity contribution in [1.29, 1.82) is 0 Å². The van der Waals surface area contributed by atoms with Gasteiger partial charge in [0.2, 0.25) is 0 Å². The summed E-state index contributed by atoms with van der Waals surface area (Å²) in [6.45, 7) is 0. The number of thiocarbonyl (C=S) groups is 1. The summed E-state index contributed by atoms with van der Waals surface area (Å²) in [5.74, 6) is 0.0275. The van der Waals surface area contributed by atoms with Crippen molar-refractivity contribution in [3.63, 3.8) is 0 Å². The third-order valence-electron chi connectivity index (χ3n) is 4.08. The first kappa shape index (κ1) is 16.9. The summed E-state index contributed by atoms with van der Waals surface area (Å²) >= 11 is 5.63. The number of para-hydroxylation sites is 2. The number of benzene rings is 3. The van der Waals surface area contributed by atoms with E-state index in [2.05, 4.69) is 15.6 Å². The molecule has 0 saturated carbocycles. The lowest BCUT2D eigenvalue weighted by molar-refractivity contribution is 0.511. The quantitative estimate of drug-likeness (QED) is 0.307. The standard InChI is InChI=1S/C21H16N4OS/c26-20(15-9-3-1-4-10-15)19(21(27)22-16-11-5-2-6-12-16)25-18-14-8-7-13-17(18)23-24-25/h1-14,26H,(H,22,27)/b20-19-. The smallest absolute Gasteiger partial charge is 0.151 e. The highest BCUT2D eigenvalue weighted by Crippen LogP contribution is 2.25. The summed E-state index contributed by atoms with van der Waals surface area (Å²) in [5, 5.41) is 22.6. The molecule has 0 aliphatic rings. The van der Waals surface area contributed by atoms with Gasteiger partial charge in [-0.05, 0) is 24.3 Å². The average Bonchev–Trinajstić information content (AvgIpc) is 3.13. The van der Waals surface area contributed by atoms with Gasteiger partial charge < -0.3 is 10.4 Å². The molecule has 0 aliphatic heterocycles. The van der Waals surface area contributed by atoms with Crippen molar-refractivity contribution in [3.8, 4) is 0 Å². The van der Waals surface area contributed by atoms with Crippen LogP contribution in [-0.4, -0.2) is 25.1 Å². The number of fused-ring (bicyclic) bond motifs is 1. The SMILES string of the molecule is O/C(=C(/C(=S)Nc1ccccc1)n1nnc2ccccc21)c1ccccc1. The Hall–Kier alpha value is -3.51. The molecule has 27 heavy (non-hydrogen) atoms. The third-order valence-corrected chi connectivity index (χ3v) is 4.38. The Labute approximate surface area is 161 Å². The number of nitrogens with one attached hydrogen (secondary N) is 1. The second-order valence-corrected chi connectivity index (χ2v) is 6.28. The molecule has 0 radical (unpaired) electrons. The summed E-state index contributed by atoms with van der Waals surface area (Å²) in [7, 11) is 0. The van der Waals surface area contributed by atoms with E-state index in [4.69, 9.17) is 12.2 Å². The lowest BCUT2D eigenvalue weighted by atomic mass is 10.1. The molecule has 0 spiro atoms. The first-order valence-electron chi connectivity index (χ1n) is 8.40. The number of aromatic nitrogens is 3. The third kappa shape index (κ3) is 3.43. The fourth-order valence-electron chi connectivity index (χ4n) is 2.78. The summed E-state index contributed by atoms with van der Waals surface area (Å²) < 4.78 is 1.57. The van der Waals surface area contributed by atoms with Crippen LogP contribution in [0.1, 0.15) is 5.56 Å². The van der Waals surface area contributed by atoms with E-state index in [0.717, 1.165) is 16.7 Å². The number of nitrogens with zero attached hydrogens (tertiary/aromatic N) is 3. The van der Waals surface area contributed by atoms with Gasteiger partial charge in [-0.25, -0.2) is 4.68 Å². The maximum atomic E-state index is 11.0. The zero-order valence-corrected chi connectivity index (χ0v) is 15.1. The van der Waals surface area contributed by atoms with Crippen LogP contribution in [0.15, 0.2) is 84.9 Å². The number of aliphatic hydroxyl groups is 1. The molecule has 1 aromatic heterocycles. The molecule has 3 aromatic carbocycles. The van der Waals surface area contributed by atoms with Crippen molar-refractivity contribution < 1.29 is 5.11 Å². The average molecular weight is 372 g/mol. The van der Waals surface area contributed by atoms with Crippen LogP contribution in [0.25, 0.3) is 22.5 Å². The molecule has 0 atom stereocenters. The van der Waals surface area contributed by atoms with Gasteiger partial charge in [-0.3, -0.25) is 0 Å². The zero-order valence-electron chi connectivity index (χ0n) is 14.3. The summed E-state index contributed by atoms with van der Waals surface area (Å²) in [5.41, 5.74) is 3.31. The highest BCUT2D eigenvalue weighted by molar-refractivity contribution is 7.81. The molecular weight excluding hydrogens is 356 g/mol. The Kier molecular flexibility index (Phi) is 4.63. The molecular formula is C21H16N4OS. The predicted molar refractivity (Wildman–Crippen MR) is 112 cm³/mol. The van der Waals surface area contributed by atoms with E-state index in [9.17, 15) is 5.11 Å². The van der Waals surface area contributed by atoms with Gasteiger partial charge in [-0.2, -0.15) is 0 Å². The van der Waals surface area contributed by atoms with Crippen LogP contribution >= 0.6 is 12.2 Å². The van der Waals surface area contributed by atoms with Crippen molar-refractivity contribution in [1.82, 2.24) is 15.0 Å². The fraction of sp³-hybridized carbons (Fsp3) is 0. The molecule has 4 rings (SSSR count). The second-order valence-electron chi connectivity index (χ2n) is 5.87.